The molecule has 0 saturated heterocycles. The van der Waals surface area contributed by atoms with Gasteiger partial charge >= 0.3 is 0 Å². The Hall–Kier alpha value is -3.00. The van der Waals surface area contributed by atoms with Crippen LogP contribution in [0.5, 0.6) is 0 Å². The third-order valence-corrected chi connectivity index (χ3v) is 2.75. The minimum absolute atomic E-state index is 0.323. The molecule has 0 unspecified atom stereocenters. The molecule has 5 heteroatoms. The maximum absolute atomic E-state index is 9.06. The highest BCUT2D eigenvalue weighted by Crippen LogP contribution is 2.24. The number of aromatic amines is 1. The van der Waals surface area contributed by atoms with Gasteiger partial charge in [-0.2, -0.15) is 10.4 Å². The maximum Gasteiger partial charge on any atom is 0.166 e. The van der Waals surface area contributed by atoms with Gasteiger partial charge in [0.25, 0.3) is 0 Å². The second-order valence-corrected chi connectivity index (χ2v) is 3.92. The molecule has 0 fully saturated rings. The van der Waals surface area contributed by atoms with Crippen molar-refractivity contribution >= 4 is 0 Å². The molecule has 2 aromatic heterocycles. The highest BCUT2D eigenvalue weighted by Gasteiger charge is 2.08. The number of hydrogen-bond acceptors (Lipinski definition) is 4. The molecule has 0 saturated carbocycles. The average Bonchev–Trinajstić information content (AvgIpc) is 3.01. The molecule has 3 aromatic rings. The smallest absolute Gasteiger partial charge is 0.166 e. The first-order valence-electron chi connectivity index (χ1n) is 5.70. The van der Waals surface area contributed by atoms with Crippen molar-refractivity contribution in [2.75, 3.05) is 0 Å². The van der Waals surface area contributed by atoms with Crippen molar-refractivity contribution < 1.29 is 0 Å². The molecule has 19 heavy (non-hydrogen) atoms. The molecule has 5 nitrogen and oxygen atoms in total. The molecule has 1 N–H and O–H groups in total. The first kappa shape index (κ1) is 11.1. The monoisotopic (exact) mass is 247 g/mol. The molecule has 0 atom stereocenters. The van der Waals surface area contributed by atoms with E-state index in [0.29, 0.717) is 11.4 Å². The Labute approximate surface area is 109 Å². The molecule has 2 heterocycles. The van der Waals surface area contributed by atoms with Gasteiger partial charge in [-0.3, -0.25) is 10.1 Å². The lowest BCUT2D eigenvalue weighted by molar-refractivity contribution is 1.09. The maximum atomic E-state index is 9.06. The van der Waals surface area contributed by atoms with Gasteiger partial charge in [-0.25, -0.2) is 4.98 Å². The molecule has 0 aliphatic carbocycles. The van der Waals surface area contributed by atoms with Crippen LogP contribution in [0.25, 0.3) is 22.5 Å². The number of nitriles is 1. The van der Waals surface area contributed by atoms with Gasteiger partial charge in [-0.1, -0.05) is 18.2 Å². The fourth-order valence-corrected chi connectivity index (χ4v) is 1.88. The quantitative estimate of drug-likeness (QED) is 0.754. The summed E-state index contributed by atoms with van der Waals surface area (Å²) in [5, 5.41) is 15.9. The summed E-state index contributed by atoms with van der Waals surface area (Å²) in [6.07, 6.45) is 4.80. The Morgan fingerprint density at radius 1 is 1.00 bits per heavy atom. The zero-order chi connectivity index (χ0) is 13.1. The molecule has 0 spiro atoms. The second-order valence-electron chi connectivity index (χ2n) is 3.92. The largest absolute Gasteiger partial charge is 0.278 e. The molecule has 0 bridgehead atoms. The minimum atomic E-state index is 0.323. The highest BCUT2D eigenvalue weighted by atomic mass is 15.1. The first-order valence-corrected chi connectivity index (χ1v) is 5.70. The van der Waals surface area contributed by atoms with Crippen LogP contribution in [0.15, 0.2) is 48.9 Å². The van der Waals surface area contributed by atoms with E-state index in [1.807, 2.05) is 30.3 Å². The van der Waals surface area contributed by atoms with Gasteiger partial charge in [0.2, 0.25) is 0 Å². The van der Waals surface area contributed by atoms with Crippen molar-refractivity contribution in [1.82, 2.24) is 20.2 Å². The molecule has 0 amide bonds. The minimum Gasteiger partial charge on any atom is -0.278 e. The summed E-state index contributed by atoms with van der Waals surface area (Å²) < 4.78 is 0. The van der Waals surface area contributed by atoms with Gasteiger partial charge in [-0.05, 0) is 12.1 Å². The number of nitrogens with one attached hydrogen (secondary N) is 1. The van der Waals surface area contributed by atoms with Crippen molar-refractivity contribution in [1.29, 1.82) is 5.26 Å². The normalized spacial score (nSPS) is 10.1. The molecular formula is C14H9N5. The number of H-pyrrole nitrogens is 1. The van der Waals surface area contributed by atoms with Crippen LogP contribution in [0.4, 0.5) is 0 Å². The van der Waals surface area contributed by atoms with Crippen LogP contribution in [-0.2, 0) is 0 Å². The lowest BCUT2D eigenvalue weighted by Gasteiger charge is -2.04. The summed E-state index contributed by atoms with van der Waals surface area (Å²) in [4.78, 5) is 8.25. The first-order chi connectivity index (χ1) is 9.38. The van der Waals surface area contributed by atoms with E-state index in [4.69, 9.17) is 5.26 Å². The van der Waals surface area contributed by atoms with Crippen LogP contribution in [0.3, 0.4) is 0 Å². The Bertz CT molecular complexity index is 741. The molecule has 90 valence electrons. The van der Waals surface area contributed by atoms with E-state index in [1.54, 1.807) is 12.4 Å². The Morgan fingerprint density at radius 2 is 1.84 bits per heavy atom. The van der Waals surface area contributed by atoms with Gasteiger partial charge in [0.1, 0.15) is 11.8 Å². The van der Waals surface area contributed by atoms with Gasteiger partial charge in [0.05, 0.1) is 5.69 Å². The van der Waals surface area contributed by atoms with E-state index >= 15 is 0 Å². The zero-order valence-corrected chi connectivity index (χ0v) is 9.91. The van der Waals surface area contributed by atoms with Crippen molar-refractivity contribution in [2.24, 2.45) is 0 Å². The van der Waals surface area contributed by atoms with E-state index in [1.165, 1.54) is 6.20 Å². The third-order valence-electron chi connectivity index (χ3n) is 2.75. The lowest BCUT2D eigenvalue weighted by Crippen LogP contribution is -1.92. The fourth-order valence-electron chi connectivity index (χ4n) is 1.88. The molecule has 0 aliphatic rings. The number of benzene rings is 1. The van der Waals surface area contributed by atoms with Crippen LogP contribution >= 0.6 is 0 Å². The molecular weight excluding hydrogens is 238 g/mol. The molecule has 0 radical (unpaired) electrons. The summed E-state index contributed by atoms with van der Waals surface area (Å²) >= 11 is 0. The predicted octanol–water partition coefficient (Wildman–Crippen LogP) is 2.41. The lowest BCUT2D eigenvalue weighted by atomic mass is 10.0. The van der Waals surface area contributed by atoms with Crippen molar-refractivity contribution in [2.45, 2.75) is 0 Å². The van der Waals surface area contributed by atoms with Crippen molar-refractivity contribution in [3.8, 4) is 28.6 Å². The number of aromatic nitrogens is 4. The predicted molar refractivity (Wildman–Crippen MR) is 69.8 cm³/mol. The van der Waals surface area contributed by atoms with Crippen LogP contribution < -0.4 is 0 Å². The van der Waals surface area contributed by atoms with E-state index < -0.39 is 0 Å². The van der Waals surface area contributed by atoms with Crippen LogP contribution in [-0.4, -0.2) is 20.2 Å². The summed E-state index contributed by atoms with van der Waals surface area (Å²) in [5.74, 6) is 0. The summed E-state index contributed by atoms with van der Waals surface area (Å²) in [5.41, 5.74) is 3.68. The standard InChI is InChI=1S/C14H9N5/c15-9-13-14(17-7-6-16-13)11-3-1-2-10(8-11)12-4-5-18-19-12/h1-8H,(H,18,19). The van der Waals surface area contributed by atoms with Gasteiger partial charge < -0.3 is 0 Å². The van der Waals surface area contributed by atoms with E-state index in [9.17, 15) is 0 Å². The van der Waals surface area contributed by atoms with Crippen LogP contribution in [0, 0.1) is 11.3 Å². The fraction of sp³-hybridized carbons (Fsp3) is 0. The number of hydrogen-bond donors (Lipinski definition) is 1. The zero-order valence-electron chi connectivity index (χ0n) is 9.91. The topological polar surface area (TPSA) is 78.2 Å². The van der Waals surface area contributed by atoms with Crippen molar-refractivity contribution in [3.63, 3.8) is 0 Å². The van der Waals surface area contributed by atoms with Gasteiger partial charge in [0.15, 0.2) is 5.69 Å². The van der Waals surface area contributed by atoms with Gasteiger partial charge in [0, 0.05) is 29.7 Å². The van der Waals surface area contributed by atoms with E-state index in [0.717, 1.165) is 16.8 Å². The molecule has 3 rings (SSSR count). The van der Waals surface area contributed by atoms with E-state index in [2.05, 4.69) is 26.2 Å². The summed E-state index contributed by atoms with van der Waals surface area (Å²) in [6, 6.07) is 11.7. The van der Waals surface area contributed by atoms with Crippen LogP contribution in [0.1, 0.15) is 5.69 Å². The van der Waals surface area contributed by atoms with Crippen LogP contribution in [0.2, 0.25) is 0 Å². The molecule has 1 aromatic carbocycles. The van der Waals surface area contributed by atoms with E-state index in [-0.39, 0.29) is 0 Å². The average molecular weight is 247 g/mol. The summed E-state index contributed by atoms with van der Waals surface area (Å²) in [7, 11) is 0. The second kappa shape index (κ2) is 4.70. The Kier molecular flexibility index (Phi) is 2.75. The third kappa shape index (κ3) is 2.07. The SMILES string of the molecule is N#Cc1nccnc1-c1cccc(-c2ccn[nH]2)c1. The number of nitrogens with zero attached hydrogens (tertiary/aromatic N) is 4. The van der Waals surface area contributed by atoms with Crippen molar-refractivity contribution in [3.05, 3.63) is 54.6 Å². The van der Waals surface area contributed by atoms with Gasteiger partial charge in [-0.15, -0.1) is 0 Å². The molecule has 0 aliphatic heterocycles. The Morgan fingerprint density at radius 3 is 2.63 bits per heavy atom. The Balaban J connectivity index is 2.12. The highest BCUT2D eigenvalue weighted by molar-refractivity contribution is 5.71. The number of rotatable bonds is 2. The summed E-state index contributed by atoms with van der Waals surface area (Å²) in [6.45, 7) is 0.